The molecule has 1 aliphatic carbocycles. The lowest BCUT2D eigenvalue weighted by Gasteiger charge is -2.31. The fraction of sp³-hybridized carbons (Fsp3) is 0.409. The average Bonchev–Trinajstić information content (AvgIpc) is 3.07. The van der Waals surface area contributed by atoms with Gasteiger partial charge in [-0.3, -0.25) is 14.6 Å². The summed E-state index contributed by atoms with van der Waals surface area (Å²) in [5.74, 6) is 0.0651. The molecule has 140 valence electrons. The van der Waals surface area contributed by atoms with Gasteiger partial charge in [0.25, 0.3) is 0 Å². The van der Waals surface area contributed by atoms with E-state index in [0.717, 1.165) is 36.0 Å². The molecular formula is C22H25N3O2. The molecule has 5 nitrogen and oxygen atoms in total. The van der Waals surface area contributed by atoms with Crippen molar-refractivity contribution in [3.8, 4) is 11.1 Å². The van der Waals surface area contributed by atoms with Crippen molar-refractivity contribution in [2.75, 3.05) is 13.1 Å². The summed E-state index contributed by atoms with van der Waals surface area (Å²) in [5, 5.41) is 0. The van der Waals surface area contributed by atoms with Crippen molar-refractivity contribution in [2.24, 2.45) is 17.1 Å². The Bertz CT molecular complexity index is 830. The molecule has 1 atom stereocenters. The number of aromatic nitrogens is 1. The third-order valence-electron chi connectivity index (χ3n) is 6.15. The first-order valence-corrected chi connectivity index (χ1v) is 9.65. The molecule has 2 aliphatic rings. The van der Waals surface area contributed by atoms with Crippen molar-refractivity contribution >= 4 is 11.8 Å². The van der Waals surface area contributed by atoms with Gasteiger partial charge in [-0.2, -0.15) is 0 Å². The smallest absolute Gasteiger partial charge is 0.225 e. The van der Waals surface area contributed by atoms with Gasteiger partial charge in [-0.25, -0.2) is 0 Å². The number of nitrogens with two attached hydrogens (primary N) is 1. The van der Waals surface area contributed by atoms with E-state index in [0.29, 0.717) is 25.9 Å². The molecule has 0 spiro atoms. The van der Waals surface area contributed by atoms with Crippen LogP contribution in [0, 0.1) is 11.3 Å². The van der Waals surface area contributed by atoms with Gasteiger partial charge in [0, 0.05) is 31.4 Å². The molecule has 1 saturated heterocycles. The van der Waals surface area contributed by atoms with Crippen LogP contribution in [0.2, 0.25) is 0 Å². The minimum absolute atomic E-state index is 0.160. The van der Waals surface area contributed by atoms with E-state index in [1.54, 1.807) is 12.4 Å². The SMILES string of the molecule is NC(=O)[C@@]1(Cc2ccc(-c3ccncc3)cc2)CCN(C(=O)C2CCC2)C1. The number of rotatable bonds is 5. The largest absolute Gasteiger partial charge is 0.369 e. The van der Waals surface area contributed by atoms with Gasteiger partial charge in [0.2, 0.25) is 11.8 Å². The number of carbonyl (C=O) groups excluding carboxylic acids is 2. The molecule has 1 aromatic heterocycles. The lowest BCUT2D eigenvalue weighted by Crippen LogP contribution is -2.44. The number of amides is 2. The molecule has 5 heteroatoms. The second kappa shape index (κ2) is 7.14. The summed E-state index contributed by atoms with van der Waals surface area (Å²) in [6, 6.07) is 12.2. The summed E-state index contributed by atoms with van der Waals surface area (Å²) in [7, 11) is 0. The monoisotopic (exact) mass is 363 g/mol. The number of benzene rings is 1. The molecule has 4 rings (SSSR count). The molecule has 2 heterocycles. The van der Waals surface area contributed by atoms with Gasteiger partial charge in [-0.05, 0) is 54.5 Å². The Morgan fingerprint density at radius 3 is 2.33 bits per heavy atom. The molecule has 27 heavy (non-hydrogen) atoms. The molecule has 2 aromatic rings. The van der Waals surface area contributed by atoms with E-state index in [2.05, 4.69) is 29.2 Å². The van der Waals surface area contributed by atoms with Crippen molar-refractivity contribution in [2.45, 2.75) is 32.1 Å². The Morgan fingerprint density at radius 2 is 1.74 bits per heavy atom. The van der Waals surface area contributed by atoms with Crippen LogP contribution in [0.4, 0.5) is 0 Å². The number of nitrogens with zero attached hydrogens (tertiary/aromatic N) is 2. The van der Waals surface area contributed by atoms with Gasteiger partial charge in [0.1, 0.15) is 0 Å². The predicted molar refractivity (Wildman–Crippen MR) is 104 cm³/mol. The molecule has 2 fully saturated rings. The summed E-state index contributed by atoms with van der Waals surface area (Å²) in [5.41, 5.74) is 8.45. The minimum Gasteiger partial charge on any atom is -0.369 e. The third-order valence-corrected chi connectivity index (χ3v) is 6.15. The van der Waals surface area contributed by atoms with E-state index in [1.807, 2.05) is 17.0 Å². The fourth-order valence-electron chi connectivity index (χ4n) is 4.16. The lowest BCUT2D eigenvalue weighted by atomic mass is 9.79. The van der Waals surface area contributed by atoms with Crippen LogP contribution in [0.3, 0.4) is 0 Å². The zero-order valence-electron chi connectivity index (χ0n) is 15.4. The van der Waals surface area contributed by atoms with E-state index >= 15 is 0 Å². The van der Waals surface area contributed by atoms with Gasteiger partial charge in [0.05, 0.1) is 5.41 Å². The summed E-state index contributed by atoms with van der Waals surface area (Å²) in [4.78, 5) is 30.8. The highest BCUT2D eigenvalue weighted by Gasteiger charge is 2.46. The van der Waals surface area contributed by atoms with Crippen LogP contribution >= 0.6 is 0 Å². The number of primary amides is 1. The molecular weight excluding hydrogens is 338 g/mol. The maximum absolute atomic E-state index is 12.6. The van der Waals surface area contributed by atoms with Gasteiger partial charge in [-0.15, -0.1) is 0 Å². The van der Waals surface area contributed by atoms with Gasteiger partial charge in [-0.1, -0.05) is 30.7 Å². The molecule has 2 amide bonds. The Hall–Kier alpha value is -2.69. The van der Waals surface area contributed by atoms with Crippen molar-refractivity contribution in [1.29, 1.82) is 0 Å². The van der Waals surface area contributed by atoms with Crippen molar-refractivity contribution in [3.05, 3.63) is 54.4 Å². The average molecular weight is 363 g/mol. The molecule has 0 radical (unpaired) electrons. The normalized spacial score (nSPS) is 22.4. The summed E-state index contributed by atoms with van der Waals surface area (Å²) in [6.07, 6.45) is 7.87. The molecule has 0 unspecified atom stereocenters. The fourth-order valence-corrected chi connectivity index (χ4v) is 4.16. The standard InChI is InChI=1S/C22H25N3O2/c23-21(27)22(10-13-25(15-22)20(26)19-2-1-3-19)14-16-4-6-17(7-5-16)18-8-11-24-12-9-18/h4-9,11-12,19H,1-3,10,13-15H2,(H2,23,27)/t22-/m1/s1. The molecule has 1 aliphatic heterocycles. The van der Waals surface area contributed by atoms with Gasteiger partial charge < -0.3 is 10.6 Å². The summed E-state index contributed by atoms with van der Waals surface area (Å²) < 4.78 is 0. The van der Waals surface area contributed by atoms with E-state index in [-0.39, 0.29) is 17.7 Å². The van der Waals surface area contributed by atoms with Crippen LogP contribution in [0.15, 0.2) is 48.8 Å². The number of hydrogen-bond acceptors (Lipinski definition) is 3. The first-order valence-electron chi connectivity index (χ1n) is 9.65. The van der Waals surface area contributed by atoms with Gasteiger partial charge >= 0.3 is 0 Å². The molecule has 0 bridgehead atoms. The highest BCUT2D eigenvalue weighted by Crippen LogP contribution is 2.37. The van der Waals surface area contributed by atoms with Crippen LogP contribution in [-0.2, 0) is 16.0 Å². The Kier molecular flexibility index (Phi) is 4.68. The maximum atomic E-state index is 12.6. The molecule has 2 N–H and O–H groups in total. The topological polar surface area (TPSA) is 76.3 Å². The summed E-state index contributed by atoms with van der Waals surface area (Å²) in [6.45, 7) is 1.08. The molecule has 1 aromatic carbocycles. The van der Waals surface area contributed by atoms with E-state index in [1.165, 1.54) is 0 Å². The zero-order chi connectivity index (χ0) is 18.9. The maximum Gasteiger partial charge on any atom is 0.225 e. The van der Waals surface area contributed by atoms with Crippen LogP contribution in [-0.4, -0.2) is 34.8 Å². The van der Waals surface area contributed by atoms with E-state index < -0.39 is 5.41 Å². The van der Waals surface area contributed by atoms with E-state index in [9.17, 15) is 9.59 Å². The number of hydrogen-bond donors (Lipinski definition) is 1. The number of pyridine rings is 1. The Labute approximate surface area is 159 Å². The Balaban J connectivity index is 1.49. The van der Waals surface area contributed by atoms with Crippen LogP contribution < -0.4 is 5.73 Å². The van der Waals surface area contributed by atoms with Crippen molar-refractivity contribution in [3.63, 3.8) is 0 Å². The highest BCUT2D eigenvalue weighted by molar-refractivity contribution is 5.85. The zero-order valence-corrected chi connectivity index (χ0v) is 15.4. The van der Waals surface area contributed by atoms with Crippen LogP contribution in [0.1, 0.15) is 31.2 Å². The van der Waals surface area contributed by atoms with Crippen molar-refractivity contribution in [1.82, 2.24) is 9.88 Å². The van der Waals surface area contributed by atoms with Crippen LogP contribution in [0.25, 0.3) is 11.1 Å². The van der Waals surface area contributed by atoms with Crippen molar-refractivity contribution < 1.29 is 9.59 Å². The highest BCUT2D eigenvalue weighted by atomic mass is 16.2. The second-order valence-corrected chi connectivity index (χ2v) is 7.89. The second-order valence-electron chi connectivity index (χ2n) is 7.89. The number of carbonyl (C=O) groups is 2. The first-order chi connectivity index (χ1) is 13.1. The van der Waals surface area contributed by atoms with Crippen LogP contribution in [0.5, 0.6) is 0 Å². The quantitative estimate of drug-likeness (QED) is 0.887. The first kappa shape index (κ1) is 17.7. The van der Waals surface area contributed by atoms with E-state index in [4.69, 9.17) is 5.73 Å². The predicted octanol–water partition coefficient (Wildman–Crippen LogP) is 2.80. The molecule has 1 saturated carbocycles. The lowest BCUT2D eigenvalue weighted by molar-refractivity contribution is -0.138. The summed E-state index contributed by atoms with van der Waals surface area (Å²) >= 11 is 0. The minimum atomic E-state index is -0.655. The third kappa shape index (κ3) is 3.46. The number of likely N-dealkylation sites (tertiary alicyclic amines) is 1. The Morgan fingerprint density at radius 1 is 1.07 bits per heavy atom. The van der Waals surface area contributed by atoms with Gasteiger partial charge in [0.15, 0.2) is 0 Å².